The van der Waals surface area contributed by atoms with Crippen LogP contribution in [0.1, 0.15) is 6.42 Å². The summed E-state index contributed by atoms with van der Waals surface area (Å²) in [6, 6.07) is 10.0. The molecule has 1 aromatic carbocycles. The molecular weight excluding hydrogens is 162 g/mol. The van der Waals surface area contributed by atoms with Crippen molar-refractivity contribution in [3.63, 3.8) is 0 Å². The summed E-state index contributed by atoms with van der Waals surface area (Å²) in [6.07, 6.45) is 1.17. The van der Waals surface area contributed by atoms with Crippen LogP contribution in [-0.2, 0) is 0 Å². The van der Waals surface area contributed by atoms with Crippen LogP contribution in [0.4, 0.5) is 0 Å². The third kappa shape index (κ3) is 2.46. The molecule has 2 rings (SSSR count). The largest absolute Gasteiger partial charge is 0.494 e. The topological polar surface area (TPSA) is 21.3 Å². The first-order valence-corrected chi connectivity index (χ1v) is 4.84. The van der Waals surface area contributed by atoms with Crippen LogP contribution in [0.5, 0.6) is 5.75 Å². The van der Waals surface area contributed by atoms with Gasteiger partial charge in [-0.25, -0.2) is 0 Å². The van der Waals surface area contributed by atoms with E-state index in [-0.39, 0.29) is 0 Å². The van der Waals surface area contributed by atoms with Crippen molar-refractivity contribution < 1.29 is 4.74 Å². The molecule has 0 unspecified atom stereocenters. The van der Waals surface area contributed by atoms with Crippen molar-refractivity contribution in [3.8, 4) is 5.75 Å². The quantitative estimate of drug-likeness (QED) is 0.755. The van der Waals surface area contributed by atoms with Crippen LogP contribution in [0, 0.1) is 5.92 Å². The van der Waals surface area contributed by atoms with E-state index < -0.39 is 0 Å². The Balaban J connectivity index is 1.67. The Bertz CT molecular complexity index is 244. The first-order valence-electron chi connectivity index (χ1n) is 4.84. The van der Waals surface area contributed by atoms with E-state index >= 15 is 0 Å². The predicted octanol–water partition coefficient (Wildman–Crippen LogP) is 1.67. The second-order valence-electron chi connectivity index (χ2n) is 3.47. The fraction of sp³-hybridized carbons (Fsp3) is 0.455. The van der Waals surface area contributed by atoms with E-state index in [0.717, 1.165) is 31.4 Å². The fourth-order valence-electron chi connectivity index (χ4n) is 1.41. The van der Waals surface area contributed by atoms with Crippen LogP contribution >= 0.6 is 0 Å². The molecule has 0 amide bonds. The highest BCUT2D eigenvalue weighted by molar-refractivity contribution is 5.20. The highest BCUT2D eigenvalue weighted by atomic mass is 16.5. The van der Waals surface area contributed by atoms with Gasteiger partial charge >= 0.3 is 0 Å². The molecule has 2 nitrogen and oxygen atoms in total. The maximum Gasteiger partial charge on any atom is 0.119 e. The minimum Gasteiger partial charge on any atom is -0.494 e. The molecule has 0 spiro atoms. The Morgan fingerprint density at radius 1 is 1.23 bits per heavy atom. The van der Waals surface area contributed by atoms with E-state index in [4.69, 9.17) is 4.74 Å². The second kappa shape index (κ2) is 4.28. The highest BCUT2D eigenvalue weighted by Gasteiger charge is 2.15. The van der Waals surface area contributed by atoms with Gasteiger partial charge in [0.05, 0.1) is 6.61 Å². The lowest BCUT2D eigenvalue weighted by Crippen LogP contribution is -2.42. The van der Waals surface area contributed by atoms with E-state index in [1.165, 1.54) is 6.42 Å². The summed E-state index contributed by atoms with van der Waals surface area (Å²) in [5.41, 5.74) is 0. The molecule has 13 heavy (non-hydrogen) atoms. The van der Waals surface area contributed by atoms with Crippen molar-refractivity contribution in [1.29, 1.82) is 0 Å². The van der Waals surface area contributed by atoms with Gasteiger partial charge in [-0.2, -0.15) is 0 Å². The SMILES string of the molecule is c1ccc(OCCC2CNC2)cc1. The Labute approximate surface area is 78.9 Å². The normalized spacial score (nSPS) is 16.6. The Kier molecular flexibility index (Phi) is 2.82. The molecule has 1 saturated heterocycles. The van der Waals surface area contributed by atoms with Crippen molar-refractivity contribution >= 4 is 0 Å². The van der Waals surface area contributed by atoms with E-state index in [1.54, 1.807) is 0 Å². The van der Waals surface area contributed by atoms with Crippen LogP contribution in [-0.4, -0.2) is 19.7 Å². The molecule has 0 bridgehead atoms. The molecule has 70 valence electrons. The van der Waals surface area contributed by atoms with Crippen molar-refractivity contribution in [2.75, 3.05) is 19.7 Å². The van der Waals surface area contributed by atoms with Crippen LogP contribution < -0.4 is 10.1 Å². The number of ether oxygens (including phenoxy) is 1. The van der Waals surface area contributed by atoms with E-state index in [2.05, 4.69) is 5.32 Å². The van der Waals surface area contributed by atoms with Crippen LogP contribution in [0.2, 0.25) is 0 Å². The van der Waals surface area contributed by atoms with Gasteiger partial charge in [0.1, 0.15) is 5.75 Å². The van der Waals surface area contributed by atoms with E-state index in [0.29, 0.717) is 0 Å². The molecule has 0 atom stereocenters. The molecule has 1 aliphatic heterocycles. The summed E-state index contributed by atoms with van der Waals surface area (Å²) in [7, 11) is 0. The van der Waals surface area contributed by atoms with Crippen LogP contribution in [0.15, 0.2) is 30.3 Å². The molecule has 2 heteroatoms. The average Bonchev–Trinajstić information content (AvgIpc) is 2.11. The molecule has 1 aromatic rings. The highest BCUT2D eigenvalue weighted by Crippen LogP contribution is 2.12. The third-order valence-electron chi connectivity index (χ3n) is 2.40. The first kappa shape index (κ1) is 8.57. The lowest BCUT2D eigenvalue weighted by molar-refractivity contribution is 0.238. The van der Waals surface area contributed by atoms with Gasteiger partial charge in [0.25, 0.3) is 0 Å². The van der Waals surface area contributed by atoms with Gasteiger partial charge in [0.15, 0.2) is 0 Å². The molecule has 1 N–H and O–H groups in total. The lowest BCUT2D eigenvalue weighted by atomic mass is 10.0. The van der Waals surface area contributed by atoms with Crippen molar-refractivity contribution in [1.82, 2.24) is 5.32 Å². The minimum atomic E-state index is 0.837. The Hall–Kier alpha value is -1.02. The lowest BCUT2D eigenvalue weighted by Gasteiger charge is -2.26. The molecule has 0 aliphatic carbocycles. The zero-order valence-electron chi connectivity index (χ0n) is 7.70. The summed E-state index contributed by atoms with van der Waals surface area (Å²) in [5, 5.41) is 3.25. The summed E-state index contributed by atoms with van der Waals surface area (Å²) in [4.78, 5) is 0. The van der Waals surface area contributed by atoms with Crippen molar-refractivity contribution in [3.05, 3.63) is 30.3 Å². The predicted molar refractivity (Wildman–Crippen MR) is 52.9 cm³/mol. The zero-order valence-corrected chi connectivity index (χ0v) is 7.70. The van der Waals surface area contributed by atoms with Gasteiger partial charge in [-0.1, -0.05) is 18.2 Å². The molecule has 1 heterocycles. The second-order valence-corrected chi connectivity index (χ2v) is 3.47. The Morgan fingerprint density at radius 3 is 2.62 bits per heavy atom. The molecule has 0 aromatic heterocycles. The summed E-state index contributed by atoms with van der Waals surface area (Å²) in [5.74, 6) is 1.82. The number of nitrogens with one attached hydrogen (secondary N) is 1. The van der Waals surface area contributed by atoms with Crippen molar-refractivity contribution in [2.24, 2.45) is 5.92 Å². The monoisotopic (exact) mass is 177 g/mol. The molecule has 1 aliphatic rings. The molecule has 0 saturated carbocycles. The van der Waals surface area contributed by atoms with E-state index in [9.17, 15) is 0 Å². The van der Waals surface area contributed by atoms with E-state index in [1.807, 2.05) is 30.3 Å². The molecule has 1 fully saturated rings. The standard InChI is InChI=1S/C11H15NO/c1-2-4-11(5-3-1)13-7-6-10-8-12-9-10/h1-5,10,12H,6-9H2. The smallest absolute Gasteiger partial charge is 0.119 e. The van der Waals surface area contributed by atoms with Crippen LogP contribution in [0.3, 0.4) is 0 Å². The summed E-state index contributed by atoms with van der Waals surface area (Å²) in [6.45, 7) is 3.17. The number of hydrogen-bond acceptors (Lipinski definition) is 2. The fourth-order valence-corrected chi connectivity index (χ4v) is 1.41. The minimum absolute atomic E-state index is 0.837. The zero-order chi connectivity index (χ0) is 8.93. The molecular formula is C11H15NO. The van der Waals surface area contributed by atoms with Gasteiger partial charge in [-0.15, -0.1) is 0 Å². The number of benzene rings is 1. The summed E-state index contributed by atoms with van der Waals surface area (Å²) >= 11 is 0. The third-order valence-corrected chi connectivity index (χ3v) is 2.40. The molecule has 0 radical (unpaired) electrons. The maximum atomic E-state index is 5.58. The number of para-hydroxylation sites is 1. The van der Waals surface area contributed by atoms with Crippen molar-refractivity contribution in [2.45, 2.75) is 6.42 Å². The Morgan fingerprint density at radius 2 is 2.00 bits per heavy atom. The van der Waals surface area contributed by atoms with Gasteiger partial charge in [-0.3, -0.25) is 0 Å². The van der Waals surface area contributed by atoms with Gasteiger partial charge in [-0.05, 0) is 37.6 Å². The summed E-state index contributed by atoms with van der Waals surface area (Å²) < 4.78 is 5.58. The van der Waals surface area contributed by atoms with Gasteiger partial charge in [0, 0.05) is 0 Å². The maximum absolute atomic E-state index is 5.58. The number of hydrogen-bond donors (Lipinski definition) is 1. The van der Waals surface area contributed by atoms with Gasteiger partial charge in [0.2, 0.25) is 0 Å². The average molecular weight is 177 g/mol. The first-order chi connectivity index (χ1) is 6.45. The number of rotatable bonds is 4. The van der Waals surface area contributed by atoms with Gasteiger partial charge < -0.3 is 10.1 Å². The van der Waals surface area contributed by atoms with Crippen LogP contribution in [0.25, 0.3) is 0 Å².